The molecule has 0 amide bonds. The number of aromatic nitrogens is 2. The topological polar surface area (TPSA) is 37.8 Å². The maximum absolute atomic E-state index is 13.0. The van der Waals surface area contributed by atoms with Crippen molar-refractivity contribution in [2.75, 3.05) is 12.4 Å². The van der Waals surface area contributed by atoms with Crippen LogP contribution in [-0.4, -0.2) is 17.0 Å². The van der Waals surface area contributed by atoms with Crippen molar-refractivity contribution < 1.29 is 8.78 Å². The number of benzene rings is 1. The van der Waals surface area contributed by atoms with Crippen LogP contribution in [0.2, 0.25) is 0 Å². The van der Waals surface area contributed by atoms with E-state index >= 15 is 0 Å². The van der Waals surface area contributed by atoms with Crippen LogP contribution in [0.25, 0.3) is 11.3 Å². The van der Waals surface area contributed by atoms with E-state index in [4.69, 9.17) is 0 Å². The average molecular weight is 221 g/mol. The van der Waals surface area contributed by atoms with Crippen LogP contribution in [0.15, 0.2) is 30.5 Å². The molecule has 0 atom stereocenters. The van der Waals surface area contributed by atoms with Crippen molar-refractivity contribution in [3.63, 3.8) is 0 Å². The molecule has 0 aliphatic rings. The highest BCUT2D eigenvalue weighted by atomic mass is 19.2. The summed E-state index contributed by atoms with van der Waals surface area (Å²) in [7, 11) is 1.68. The molecule has 0 saturated carbocycles. The first kappa shape index (κ1) is 10.5. The fraction of sp³-hybridized carbons (Fsp3) is 0.0909. The quantitative estimate of drug-likeness (QED) is 0.846. The highest BCUT2D eigenvalue weighted by molar-refractivity contribution is 5.59. The lowest BCUT2D eigenvalue weighted by Crippen LogP contribution is -1.97. The lowest BCUT2D eigenvalue weighted by molar-refractivity contribution is 0.509. The summed E-state index contributed by atoms with van der Waals surface area (Å²) in [5.41, 5.74) is 1.05. The van der Waals surface area contributed by atoms with E-state index in [1.807, 2.05) is 0 Å². The van der Waals surface area contributed by atoms with Gasteiger partial charge in [0.1, 0.15) is 0 Å². The molecule has 5 heteroatoms. The minimum absolute atomic E-state index is 0.433. The van der Waals surface area contributed by atoms with Gasteiger partial charge in [-0.25, -0.2) is 18.7 Å². The van der Waals surface area contributed by atoms with Gasteiger partial charge < -0.3 is 5.32 Å². The molecule has 3 nitrogen and oxygen atoms in total. The summed E-state index contributed by atoms with van der Waals surface area (Å²) in [4.78, 5) is 8.05. The smallest absolute Gasteiger partial charge is 0.222 e. The number of anilines is 1. The van der Waals surface area contributed by atoms with Crippen molar-refractivity contribution in [1.82, 2.24) is 9.97 Å². The molecule has 1 heterocycles. The summed E-state index contributed by atoms with van der Waals surface area (Å²) in [6.45, 7) is 0. The highest BCUT2D eigenvalue weighted by Gasteiger charge is 2.06. The van der Waals surface area contributed by atoms with Gasteiger partial charge in [-0.1, -0.05) is 0 Å². The number of hydrogen-bond acceptors (Lipinski definition) is 3. The Labute approximate surface area is 91.2 Å². The normalized spacial score (nSPS) is 10.2. The number of nitrogens with one attached hydrogen (secondary N) is 1. The van der Waals surface area contributed by atoms with Gasteiger partial charge in [0.05, 0.1) is 5.69 Å². The Morgan fingerprint density at radius 2 is 1.94 bits per heavy atom. The maximum atomic E-state index is 13.0. The van der Waals surface area contributed by atoms with Crippen LogP contribution >= 0.6 is 0 Å². The van der Waals surface area contributed by atoms with Crippen LogP contribution in [0.3, 0.4) is 0 Å². The third-order valence-corrected chi connectivity index (χ3v) is 2.09. The largest absolute Gasteiger partial charge is 0.357 e. The predicted molar refractivity (Wildman–Crippen MR) is 56.9 cm³/mol. The molecular weight excluding hydrogens is 212 g/mol. The van der Waals surface area contributed by atoms with Crippen LogP contribution < -0.4 is 5.32 Å². The van der Waals surface area contributed by atoms with Crippen LogP contribution in [0.5, 0.6) is 0 Å². The van der Waals surface area contributed by atoms with Crippen molar-refractivity contribution >= 4 is 5.95 Å². The third-order valence-electron chi connectivity index (χ3n) is 2.09. The van der Waals surface area contributed by atoms with Crippen LogP contribution in [0.4, 0.5) is 14.7 Å². The lowest BCUT2D eigenvalue weighted by atomic mass is 10.1. The minimum atomic E-state index is -0.887. The van der Waals surface area contributed by atoms with E-state index in [1.165, 1.54) is 6.07 Å². The second-order valence-corrected chi connectivity index (χ2v) is 3.14. The summed E-state index contributed by atoms with van der Waals surface area (Å²) >= 11 is 0. The zero-order valence-electron chi connectivity index (χ0n) is 8.54. The van der Waals surface area contributed by atoms with E-state index in [9.17, 15) is 8.78 Å². The van der Waals surface area contributed by atoms with Crippen molar-refractivity contribution in [2.45, 2.75) is 0 Å². The van der Waals surface area contributed by atoms with Gasteiger partial charge in [-0.3, -0.25) is 0 Å². The Morgan fingerprint density at radius 1 is 1.12 bits per heavy atom. The van der Waals surface area contributed by atoms with Gasteiger partial charge in [0.2, 0.25) is 5.95 Å². The van der Waals surface area contributed by atoms with E-state index in [2.05, 4.69) is 15.3 Å². The molecule has 0 unspecified atom stereocenters. The van der Waals surface area contributed by atoms with Gasteiger partial charge in [0.25, 0.3) is 0 Å². The lowest BCUT2D eigenvalue weighted by Gasteiger charge is -2.03. The highest BCUT2D eigenvalue weighted by Crippen LogP contribution is 2.19. The molecule has 2 rings (SSSR count). The molecule has 0 fully saturated rings. The van der Waals surface area contributed by atoms with Gasteiger partial charge in [0, 0.05) is 18.8 Å². The molecule has 0 spiro atoms. The van der Waals surface area contributed by atoms with Gasteiger partial charge in [-0.05, 0) is 24.3 Å². The van der Waals surface area contributed by atoms with E-state index in [0.29, 0.717) is 17.2 Å². The fourth-order valence-corrected chi connectivity index (χ4v) is 1.30. The molecule has 82 valence electrons. The van der Waals surface area contributed by atoms with Crippen molar-refractivity contribution in [1.29, 1.82) is 0 Å². The second kappa shape index (κ2) is 4.22. The van der Waals surface area contributed by atoms with Crippen molar-refractivity contribution in [2.24, 2.45) is 0 Å². The third kappa shape index (κ3) is 1.98. The number of hydrogen-bond donors (Lipinski definition) is 1. The summed E-state index contributed by atoms with van der Waals surface area (Å²) in [6, 6.07) is 5.29. The fourth-order valence-electron chi connectivity index (χ4n) is 1.30. The van der Waals surface area contributed by atoms with E-state index in [0.717, 1.165) is 12.1 Å². The first-order chi connectivity index (χ1) is 7.70. The van der Waals surface area contributed by atoms with Crippen molar-refractivity contribution in [3.8, 4) is 11.3 Å². The molecule has 16 heavy (non-hydrogen) atoms. The SMILES string of the molecule is CNc1nccc(-c2ccc(F)c(F)c2)n1. The van der Waals surface area contributed by atoms with Gasteiger partial charge in [-0.15, -0.1) is 0 Å². The number of nitrogens with zero attached hydrogens (tertiary/aromatic N) is 2. The second-order valence-electron chi connectivity index (χ2n) is 3.14. The number of rotatable bonds is 2. The summed E-state index contributed by atoms with van der Waals surface area (Å²) in [6.07, 6.45) is 1.55. The Balaban J connectivity index is 2.46. The van der Waals surface area contributed by atoms with Crippen LogP contribution in [-0.2, 0) is 0 Å². The Hall–Kier alpha value is -2.04. The van der Waals surface area contributed by atoms with E-state index < -0.39 is 11.6 Å². The van der Waals surface area contributed by atoms with Crippen molar-refractivity contribution in [3.05, 3.63) is 42.1 Å². The molecule has 1 aromatic carbocycles. The van der Waals surface area contributed by atoms with E-state index in [-0.39, 0.29) is 0 Å². The average Bonchev–Trinajstić information content (AvgIpc) is 2.33. The maximum Gasteiger partial charge on any atom is 0.222 e. The Bertz CT molecular complexity index is 514. The van der Waals surface area contributed by atoms with Crippen LogP contribution in [0, 0.1) is 11.6 Å². The summed E-state index contributed by atoms with van der Waals surface area (Å²) in [5, 5.41) is 2.77. The molecule has 1 aromatic heterocycles. The Kier molecular flexibility index (Phi) is 2.76. The minimum Gasteiger partial charge on any atom is -0.357 e. The molecular formula is C11H9F2N3. The van der Waals surface area contributed by atoms with Gasteiger partial charge >= 0.3 is 0 Å². The first-order valence-corrected chi connectivity index (χ1v) is 4.67. The van der Waals surface area contributed by atoms with Gasteiger partial charge in [-0.2, -0.15) is 0 Å². The monoisotopic (exact) mass is 221 g/mol. The molecule has 1 N–H and O–H groups in total. The van der Waals surface area contributed by atoms with Crippen LogP contribution in [0.1, 0.15) is 0 Å². The molecule has 2 aromatic rings. The molecule has 0 radical (unpaired) electrons. The van der Waals surface area contributed by atoms with Gasteiger partial charge in [0.15, 0.2) is 11.6 Å². The molecule has 0 aliphatic heterocycles. The summed E-state index contributed by atoms with van der Waals surface area (Å²) < 4.78 is 25.8. The molecule has 0 aliphatic carbocycles. The number of halogens is 2. The zero-order valence-corrected chi connectivity index (χ0v) is 8.54. The van der Waals surface area contributed by atoms with E-state index in [1.54, 1.807) is 19.3 Å². The first-order valence-electron chi connectivity index (χ1n) is 4.67. The Morgan fingerprint density at radius 3 is 2.62 bits per heavy atom. The molecule has 0 saturated heterocycles. The summed E-state index contributed by atoms with van der Waals surface area (Å²) in [5.74, 6) is -1.32. The standard InChI is InChI=1S/C11H9F2N3/c1-14-11-15-5-4-10(16-11)7-2-3-8(12)9(13)6-7/h2-6H,1H3,(H,14,15,16). The zero-order chi connectivity index (χ0) is 11.5. The molecule has 0 bridgehead atoms. The predicted octanol–water partition coefficient (Wildman–Crippen LogP) is 2.46.